The predicted molar refractivity (Wildman–Crippen MR) is 183 cm³/mol. The monoisotopic (exact) mass is 681 g/mol. The molecule has 0 radical (unpaired) electrons. The fourth-order valence-electron chi connectivity index (χ4n) is 7.09. The molecule has 49 heavy (non-hydrogen) atoms. The summed E-state index contributed by atoms with van der Waals surface area (Å²) in [5, 5.41) is 11.3. The first-order chi connectivity index (χ1) is 23.3. The van der Waals surface area contributed by atoms with Gasteiger partial charge in [-0.25, -0.2) is 14.0 Å². The minimum Gasteiger partial charge on any atom is -0.444 e. The van der Waals surface area contributed by atoms with E-state index in [9.17, 15) is 14.4 Å². The molecule has 16 heteroatoms. The van der Waals surface area contributed by atoms with Gasteiger partial charge in [0.1, 0.15) is 11.4 Å². The highest BCUT2D eigenvalue weighted by atomic mass is 19.1. The predicted octanol–water partition coefficient (Wildman–Crippen LogP) is 2.57. The summed E-state index contributed by atoms with van der Waals surface area (Å²) in [4.78, 5) is 53.6. The highest BCUT2D eigenvalue weighted by Gasteiger charge is 2.35. The first kappa shape index (κ1) is 34.4. The lowest BCUT2D eigenvalue weighted by Gasteiger charge is -2.37. The summed E-state index contributed by atoms with van der Waals surface area (Å²) in [6, 6.07) is 4.88. The zero-order chi connectivity index (χ0) is 34.9. The maximum Gasteiger partial charge on any atom is 0.410 e. The van der Waals surface area contributed by atoms with E-state index >= 15 is 4.39 Å². The zero-order valence-corrected chi connectivity index (χ0v) is 28.9. The Hall–Kier alpha value is -4.47. The number of primary amides is 1. The van der Waals surface area contributed by atoms with Gasteiger partial charge >= 0.3 is 12.1 Å². The number of piperazine rings is 1. The molecular weight excluding hydrogens is 633 g/mol. The molecule has 266 valence electrons. The van der Waals surface area contributed by atoms with Crippen LogP contribution in [0.15, 0.2) is 18.2 Å². The molecule has 2 aromatic rings. The Bertz CT molecular complexity index is 1550. The maximum atomic E-state index is 15.5. The third-order valence-corrected chi connectivity index (χ3v) is 9.65. The lowest BCUT2D eigenvalue weighted by atomic mass is 10.0. The van der Waals surface area contributed by atoms with Gasteiger partial charge in [0.05, 0.1) is 11.7 Å². The summed E-state index contributed by atoms with van der Waals surface area (Å²) in [6.07, 6.45) is 2.41. The number of hydrogen-bond acceptors (Lipinski definition) is 11. The summed E-state index contributed by atoms with van der Waals surface area (Å²) < 4.78 is 21.1. The second kappa shape index (κ2) is 14.2. The van der Waals surface area contributed by atoms with E-state index < -0.39 is 17.3 Å². The van der Waals surface area contributed by atoms with Crippen molar-refractivity contribution in [2.24, 2.45) is 11.7 Å². The van der Waals surface area contributed by atoms with Crippen molar-refractivity contribution in [3.05, 3.63) is 29.7 Å². The van der Waals surface area contributed by atoms with Crippen LogP contribution in [0.5, 0.6) is 0 Å². The van der Waals surface area contributed by atoms with E-state index in [1.807, 2.05) is 35.5 Å². The Morgan fingerprint density at radius 3 is 2.45 bits per heavy atom. The Morgan fingerprint density at radius 1 is 1.00 bits per heavy atom. The molecular formula is C33H48FN11O4. The van der Waals surface area contributed by atoms with Crippen LogP contribution in [0.3, 0.4) is 0 Å². The molecule has 2 atom stereocenters. The molecule has 4 aliphatic rings. The fraction of sp³-hybridized carbons (Fsp3) is 0.636. The van der Waals surface area contributed by atoms with Crippen molar-refractivity contribution in [3.8, 4) is 0 Å². The average molecular weight is 682 g/mol. The van der Waals surface area contributed by atoms with Gasteiger partial charge < -0.3 is 40.3 Å². The van der Waals surface area contributed by atoms with Crippen LogP contribution in [0.25, 0.3) is 0 Å². The number of piperidine rings is 1. The van der Waals surface area contributed by atoms with Crippen LogP contribution in [0.1, 0.15) is 50.5 Å². The molecule has 1 aromatic carbocycles. The van der Waals surface area contributed by atoms with Crippen LogP contribution in [0, 0.1) is 11.7 Å². The summed E-state index contributed by atoms with van der Waals surface area (Å²) in [5.74, 6) is -0.418. The van der Waals surface area contributed by atoms with Crippen LogP contribution in [-0.2, 0) is 4.74 Å². The molecule has 3 N–H and O–H groups in total. The Balaban J connectivity index is 1.05. The van der Waals surface area contributed by atoms with E-state index in [4.69, 9.17) is 10.5 Å². The van der Waals surface area contributed by atoms with E-state index in [0.717, 1.165) is 38.9 Å². The van der Waals surface area contributed by atoms with Gasteiger partial charge in [0.25, 0.3) is 5.91 Å². The molecule has 0 saturated carbocycles. The van der Waals surface area contributed by atoms with Crippen LogP contribution in [0.4, 0.5) is 37.1 Å². The maximum absolute atomic E-state index is 15.5. The minimum absolute atomic E-state index is 0.0157. The SMILES string of the molecule is CN1CCN(C2CCCN(c3nnc(C(N)=O)c(Nc4ccc(N5CCN(CC6CCN(C(=O)OC(C)(C)C)C6)CC5)c(F)c4)n3)C2)C1=O. The highest BCUT2D eigenvalue weighted by Crippen LogP contribution is 2.29. The second-order valence-electron chi connectivity index (χ2n) is 14.5. The van der Waals surface area contributed by atoms with Gasteiger partial charge in [0.2, 0.25) is 5.95 Å². The van der Waals surface area contributed by atoms with Crippen LogP contribution in [-0.4, -0.2) is 143 Å². The van der Waals surface area contributed by atoms with Crippen LogP contribution < -0.4 is 20.9 Å². The number of carbonyl (C=O) groups is 3. The van der Waals surface area contributed by atoms with Crippen LogP contribution >= 0.6 is 0 Å². The van der Waals surface area contributed by atoms with Gasteiger partial charge in [0, 0.05) is 84.7 Å². The normalized spacial score (nSPS) is 22.2. The molecule has 1 aromatic heterocycles. The van der Waals surface area contributed by atoms with E-state index in [1.165, 1.54) is 6.07 Å². The zero-order valence-electron chi connectivity index (χ0n) is 28.9. The van der Waals surface area contributed by atoms with Crippen molar-refractivity contribution in [1.82, 2.24) is 34.8 Å². The quantitative estimate of drug-likeness (QED) is 0.422. The molecule has 4 fully saturated rings. The molecule has 6 rings (SSSR count). The number of benzene rings is 1. The standard InChI is InChI=1S/C33H48FN11O4/c1-33(2,3)49-32(48)44-11-9-22(20-44)19-41-13-15-42(16-14-41)26-8-7-23(18-25(26)34)36-29-27(28(35)46)38-39-30(37-29)43-10-5-6-24(21-43)45-17-12-40(4)31(45)47/h7-8,18,22,24H,5-6,9-17,19-21H2,1-4H3,(H2,35,46)(H,36,37,39). The number of likely N-dealkylation sites (tertiary alicyclic amines) is 1. The number of aromatic nitrogens is 3. The van der Waals surface area contributed by atoms with Crippen molar-refractivity contribution in [2.75, 3.05) is 94.2 Å². The summed E-state index contributed by atoms with van der Waals surface area (Å²) in [5.41, 5.74) is 5.83. The van der Waals surface area contributed by atoms with Crippen molar-refractivity contribution in [3.63, 3.8) is 0 Å². The number of nitrogens with two attached hydrogens (primary N) is 1. The topological polar surface area (TPSA) is 157 Å². The van der Waals surface area contributed by atoms with Crippen molar-refractivity contribution >= 4 is 41.2 Å². The number of hydrogen-bond donors (Lipinski definition) is 2. The van der Waals surface area contributed by atoms with E-state index in [1.54, 1.807) is 29.0 Å². The molecule has 4 amide bonds. The van der Waals surface area contributed by atoms with E-state index in [2.05, 4.69) is 25.4 Å². The van der Waals surface area contributed by atoms with Crippen molar-refractivity contribution in [1.29, 1.82) is 0 Å². The number of rotatable bonds is 8. The van der Waals surface area contributed by atoms with Crippen LogP contribution in [0.2, 0.25) is 0 Å². The Morgan fingerprint density at radius 2 is 1.78 bits per heavy atom. The molecule has 15 nitrogen and oxygen atoms in total. The lowest BCUT2D eigenvalue weighted by molar-refractivity contribution is 0.0285. The van der Waals surface area contributed by atoms with Crippen molar-refractivity contribution < 1.29 is 23.5 Å². The van der Waals surface area contributed by atoms with Gasteiger partial charge in [-0.05, 0) is 64.2 Å². The number of likely N-dealkylation sites (N-methyl/N-ethyl adjacent to an activating group) is 1. The number of nitrogens with one attached hydrogen (secondary N) is 1. The van der Waals surface area contributed by atoms with Gasteiger partial charge in [-0.15, -0.1) is 10.2 Å². The molecule has 2 unspecified atom stereocenters. The molecule has 0 bridgehead atoms. The largest absolute Gasteiger partial charge is 0.444 e. The number of urea groups is 1. The smallest absolute Gasteiger partial charge is 0.410 e. The molecule has 0 aliphatic carbocycles. The minimum atomic E-state index is -0.804. The molecule has 4 aliphatic heterocycles. The van der Waals surface area contributed by atoms with Gasteiger partial charge in [-0.1, -0.05) is 0 Å². The number of amides is 4. The van der Waals surface area contributed by atoms with Gasteiger partial charge in [-0.3, -0.25) is 9.69 Å². The fourth-order valence-corrected chi connectivity index (χ4v) is 7.09. The van der Waals surface area contributed by atoms with Crippen molar-refractivity contribution in [2.45, 2.75) is 51.7 Å². The number of anilines is 4. The molecule has 0 spiro atoms. The van der Waals surface area contributed by atoms with E-state index in [0.29, 0.717) is 75.6 Å². The number of nitrogens with zero attached hydrogens (tertiary/aromatic N) is 9. The number of carbonyl (C=O) groups excluding carboxylic acids is 3. The number of ether oxygens (including phenoxy) is 1. The number of halogens is 1. The van der Waals surface area contributed by atoms with Gasteiger partial charge in [0.15, 0.2) is 11.5 Å². The van der Waals surface area contributed by atoms with E-state index in [-0.39, 0.29) is 29.7 Å². The second-order valence-corrected chi connectivity index (χ2v) is 14.5. The molecule has 5 heterocycles. The third-order valence-electron chi connectivity index (χ3n) is 9.65. The summed E-state index contributed by atoms with van der Waals surface area (Å²) in [7, 11) is 1.80. The summed E-state index contributed by atoms with van der Waals surface area (Å²) in [6.45, 7) is 13.4. The lowest BCUT2D eigenvalue weighted by Crippen LogP contribution is -2.49. The third kappa shape index (κ3) is 8.06. The highest BCUT2D eigenvalue weighted by molar-refractivity contribution is 5.96. The Labute approximate surface area is 286 Å². The molecule has 4 saturated heterocycles. The first-order valence-corrected chi connectivity index (χ1v) is 17.2. The Kier molecular flexibility index (Phi) is 9.95. The van der Waals surface area contributed by atoms with Gasteiger partial charge in [-0.2, -0.15) is 4.98 Å². The first-order valence-electron chi connectivity index (χ1n) is 17.2. The average Bonchev–Trinajstić information content (AvgIpc) is 3.66. The summed E-state index contributed by atoms with van der Waals surface area (Å²) >= 11 is 0.